The Hall–Kier alpha value is -2.33. The molecule has 0 atom stereocenters. The lowest BCUT2D eigenvalue weighted by atomic mass is 9.88. The Morgan fingerprint density at radius 2 is 1.67 bits per heavy atom. The molecule has 0 saturated carbocycles. The minimum absolute atomic E-state index is 0.371. The minimum Gasteiger partial charge on any atom is -0.284 e. The van der Waals surface area contributed by atoms with Gasteiger partial charge in [-0.15, -0.1) is 0 Å². The van der Waals surface area contributed by atoms with Crippen molar-refractivity contribution in [1.82, 2.24) is 0 Å². The van der Waals surface area contributed by atoms with Crippen LogP contribution in [0, 0.1) is 0 Å². The van der Waals surface area contributed by atoms with E-state index in [2.05, 4.69) is 42.8 Å². The van der Waals surface area contributed by atoms with Gasteiger partial charge in [0, 0.05) is 5.69 Å². The smallest absolute Gasteiger partial charge is 0.229 e. The summed E-state index contributed by atoms with van der Waals surface area (Å²) in [5.74, 6) is 0.371. The molecule has 124 valence electrons. The topological polar surface area (TPSA) is 46.2 Å². The van der Waals surface area contributed by atoms with Crippen LogP contribution in [-0.2, 0) is 10.0 Å². The first kappa shape index (κ1) is 16.5. The molecule has 0 fully saturated rings. The van der Waals surface area contributed by atoms with Gasteiger partial charge in [0.05, 0.1) is 6.26 Å². The van der Waals surface area contributed by atoms with E-state index in [1.54, 1.807) is 6.07 Å². The van der Waals surface area contributed by atoms with E-state index in [4.69, 9.17) is 0 Å². The Labute approximate surface area is 143 Å². The first-order valence-electron chi connectivity index (χ1n) is 7.95. The minimum atomic E-state index is -3.30. The average Bonchev–Trinajstić information content (AvgIpc) is 2.52. The molecule has 0 aliphatic heterocycles. The highest BCUT2D eigenvalue weighted by Crippen LogP contribution is 2.36. The van der Waals surface area contributed by atoms with E-state index < -0.39 is 10.0 Å². The maximum Gasteiger partial charge on any atom is 0.229 e. The molecule has 0 spiro atoms. The highest BCUT2D eigenvalue weighted by Gasteiger charge is 2.13. The normalized spacial score (nSPS) is 11.8. The molecule has 0 heterocycles. The van der Waals surface area contributed by atoms with Gasteiger partial charge in [-0.25, -0.2) is 8.42 Å². The molecule has 1 N–H and O–H groups in total. The molecule has 3 aromatic rings. The van der Waals surface area contributed by atoms with E-state index in [9.17, 15) is 8.42 Å². The standard InChI is InChI=1S/C20H21NO2S/c1-14(2)18-12-11-15-7-4-5-10-19(15)20(18)16-8-6-9-17(13-16)21-24(3,22)23/h4-14,21H,1-3H3. The zero-order valence-corrected chi connectivity index (χ0v) is 14.9. The lowest BCUT2D eigenvalue weighted by molar-refractivity contribution is 0.607. The summed E-state index contributed by atoms with van der Waals surface area (Å²) in [4.78, 5) is 0. The van der Waals surface area contributed by atoms with E-state index in [0.29, 0.717) is 11.6 Å². The summed E-state index contributed by atoms with van der Waals surface area (Å²) in [5.41, 5.74) is 4.02. The van der Waals surface area contributed by atoms with Crippen molar-refractivity contribution in [1.29, 1.82) is 0 Å². The van der Waals surface area contributed by atoms with Crippen LogP contribution in [-0.4, -0.2) is 14.7 Å². The third-order valence-corrected chi connectivity index (χ3v) is 4.64. The zero-order valence-electron chi connectivity index (χ0n) is 14.1. The van der Waals surface area contributed by atoms with Crippen LogP contribution >= 0.6 is 0 Å². The van der Waals surface area contributed by atoms with Crippen LogP contribution < -0.4 is 4.72 Å². The summed E-state index contributed by atoms with van der Waals surface area (Å²) >= 11 is 0. The van der Waals surface area contributed by atoms with Crippen LogP contribution in [0.2, 0.25) is 0 Å². The van der Waals surface area contributed by atoms with Gasteiger partial charge in [-0.2, -0.15) is 0 Å². The molecular formula is C20H21NO2S. The average molecular weight is 339 g/mol. The third-order valence-electron chi connectivity index (χ3n) is 4.04. The van der Waals surface area contributed by atoms with Gasteiger partial charge in [-0.3, -0.25) is 4.72 Å². The second-order valence-corrected chi connectivity index (χ2v) is 8.11. The van der Waals surface area contributed by atoms with Crippen molar-refractivity contribution in [2.45, 2.75) is 19.8 Å². The second-order valence-electron chi connectivity index (χ2n) is 6.36. The molecule has 0 amide bonds. The van der Waals surface area contributed by atoms with E-state index in [0.717, 1.165) is 11.8 Å². The summed E-state index contributed by atoms with van der Waals surface area (Å²) in [7, 11) is -3.30. The van der Waals surface area contributed by atoms with Gasteiger partial charge in [0.1, 0.15) is 0 Å². The summed E-state index contributed by atoms with van der Waals surface area (Å²) in [6.45, 7) is 4.35. The van der Waals surface area contributed by atoms with Crippen molar-refractivity contribution in [3.8, 4) is 11.1 Å². The fraction of sp³-hybridized carbons (Fsp3) is 0.200. The second kappa shape index (κ2) is 6.29. The first-order chi connectivity index (χ1) is 11.3. The van der Waals surface area contributed by atoms with Gasteiger partial charge in [0.25, 0.3) is 0 Å². The van der Waals surface area contributed by atoms with Gasteiger partial charge < -0.3 is 0 Å². The van der Waals surface area contributed by atoms with Crippen LogP contribution in [0.15, 0.2) is 60.7 Å². The predicted molar refractivity (Wildman–Crippen MR) is 102 cm³/mol. The molecule has 3 nitrogen and oxygen atoms in total. The molecule has 24 heavy (non-hydrogen) atoms. The van der Waals surface area contributed by atoms with Crippen molar-refractivity contribution >= 4 is 26.5 Å². The molecule has 0 aliphatic rings. The van der Waals surface area contributed by atoms with Crippen molar-refractivity contribution in [3.05, 3.63) is 66.2 Å². The largest absolute Gasteiger partial charge is 0.284 e. The SMILES string of the molecule is CC(C)c1ccc2ccccc2c1-c1cccc(NS(C)(=O)=O)c1. The lowest BCUT2D eigenvalue weighted by Gasteiger charge is -2.17. The predicted octanol–water partition coefficient (Wildman–Crippen LogP) is 5.00. The monoisotopic (exact) mass is 339 g/mol. The fourth-order valence-corrected chi connectivity index (χ4v) is 3.60. The van der Waals surface area contributed by atoms with Crippen molar-refractivity contribution in [3.63, 3.8) is 0 Å². The van der Waals surface area contributed by atoms with Gasteiger partial charge in [-0.1, -0.05) is 62.4 Å². The van der Waals surface area contributed by atoms with Crippen LogP contribution in [0.3, 0.4) is 0 Å². The number of anilines is 1. The number of fused-ring (bicyclic) bond motifs is 1. The molecule has 0 saturated heterocycles. The third kappa shape index (κ3) is 3.44. The summed E-state index contributed by atoms with van der Waals surface area (Å²) in [5, 5.41) is 2.36. The quantitative estimate of drug-likeness (QED) is 0.727. The summed E-state index contributed by atoms with van der Waals surface area (Å²) < 4.78 is 25.6. The van der Waals surface area contributed by atoms with Gasteiger partial charge in [0.15, 0.2) is 0 Å². The molecule has 0 bridgehead atoms. The molecule has 0 radical (unpaired) electrons. The van der Waals surface area contributed by atoms with Gasteiger partial charge in [0.2, 0.25) is 10.0 Å². The number of hydrogen-bond acceptors (Lipinski definition) is 2. The maximum atomic E-state index is 11.5. The Morgan fingerprint density at radius 3 is 2.38 bits per heavy atom. The van der Waals surface area contributed by atoms with E-state index >= 15 is 0 Å². The summed E-state index contributed by atoms with van der Waals surface area (Å²) in [6, 6.07) is 20.2. The first-order valence-corrected chi connectivity index (χ1v) is 9.84. The van der Waals surface area contributed by atoms with Crippen molar-refractivity contribution < 1.29 is 8.42 Å². The molecular weight excluding hydrogens is 318 g/mol. The number of hydrogen-bond donors (Lipinski definition) is 1. The molecule has 4 heteroatoms. The Bertz CT molecular complexity index is 991. The van der Waals surface area contributed by atoms with E-state index in [1.165, 1.54) is 21.9 Å². The van der Waals surface area contributed by atoms with Crippen LogP contribution in [0.4, 0.5) is 5.69 Å². The molecule has 3 aromatic carbocycles. The molecule has 0 aliphatic carbocycles. The fourth-order valence-electron chi connectivity index (χ4n) is 3.04. The number of sulfonamides is 1. The Morgan fingerprint density at radius 1 is 0.917 bits per heavy atom. The van der Waals surface area contributed by atoms with E-state index in [-0.39, 0.29) is 0 Å². The van der Waals surface area contributed by atoms with Crippen molar-refractivity contribution in [2.75, 3.05) is 11.0 Å². The van der Waals surface area contributed by atoms with Gasteiger partial charge >= 0.3 is 0 Å². The molecule has 0 unspecified atom stereocenters. The summed E-state index contributed by atoms with van der Waals surface area (Å²) in [6.07, 6.45) is 1.16. The highest BCUT2D eigenvalue weighted by atomic mass is 32.2. The lowest BCUT2D eigenvalue weighted by Crippen LogP contribution is -2.09. The van der Waals surface area contributed by atoms with Crippen molar-refractivity contribution in [2.24, 2.45) is 0 Å². The van der Waals surface area contributed by atoms with Crippen LogP contribution in [0.25, 0.3) is 21.9 Å². The van der Waals surface area contributed by atoms with Gasteiger partial charge in [-0.05, 0) is 45.5 Å². The number of benzene rings is 3. The number of rotatable bonds is 4. The maximum absolute atomic E-state index is 11.5. The van der Waals surface area contributed by atoms with E-state index in [1.807, 2.05) is 30.3 Å². The molecule has 3 rings (SSSR count). The Balaban J connectivity index is 2.25. The Kier molecular flexibility index (Phi) is 4.33. The highest BCUT2D eigenvalue weighted by molar-refractivity contribution is 7.92. The zero-order chi connectivity index (χ0) is 17.3. The number of nitrogens with one attached hydrogen (secondary N) is 1. The van der Waals surface area contributed by atoms with Crippen LogP contribution in [0.1, 0.15) is 25.3 Å². The molecule has 0 aromatic heterocycles. The van der Waals surface area contributed by atoms with Crippen LogP contribution in [0.5, 0.6) is 0 Å².